The van der Waals surface area contributed by atoms with Crippen molar-refractivity contribution >= 4 is 53.4 Å². The van der Waals surface area contributed by atoms with E-state index in [1.807, 2.05) is 65.9 Å². The van der Waals surface area contributed by atoms with Crippen LogP contribution in [0.4, 0.5) is 0 Å². The van der Waals surface area contributed by atoms with Crippen LogP contribution in [0.2, 0.25) is 0 Å². The van der Waals surface area contributed by atoms with Gasteiger partial charge in [0.2, 0.25) is 0 Å². The largest absolute Gasteiger partial charge is 0.455 e. The summed E-state index contributed by atoms with van der Waals surface area (Å²) in [7, 11) is 0. The molecular formula is C51H31N3OS. The molecule has 0 aliphatic heterocycles. The summed E-state index contributed by atoms with van der Waals surface area (Å²) in [5.41, 5.74) is 10.9. The lowest BCUT2D eigenvalue weighted by atomic mass is 9.95. The molecule has 0 saturated heterocycles. The van der Waals surface area contributed by atoms with Crippen LogP contribution in [0.3, 0.4) is 0 Å². The maximum absolute atomic E-state index is 6.82. The van der Waals surface area contributed by atoms with Gasteiger partial charge in [0.05, 0.1) is 5.56 Å². The molecule has 0 saturated carbocycles. The molecule has 56 heavy (non-hydrogen) atoms. The highest BCUT2D eigenvalue weighted by Crippen LogP contribution is 2.46. The van der Waals surface area contributed by atoms with Gasteiger partial charge < -0.3 is 4.42 Å². The van der Waals surface area contributed by atoms with Crippen molar-refractivity contribution < 1.29 is 4.42 Å². The average Bonchev–Trinajstić information content (AvgIpc) is 3.86. The molecule has 4 nitrogen and oxygen atoms in total. The summed E-state index contributed by atoms with van der Waals surface area (Å²) in [5, 5.41) is 4.63. The number of furan rings is 1. The molecule has 0 unspecified atom stereocenters. The third-order valence-corrected chi connectivity index (χ3v) is 11.8. The summed E-state index contributed by atoms with van der Waals surface area (Å²) in [6, 6.07) is 65.6. The fraction of sp³-hybridized carbons (Fsp3) is 0. The Morgan fingerprint density at radius 2 is 0.893 bits per heavy atom. The van der Waals surface area contributed by atoms with Gasteiger partial charge in [-0.15, -0.1) is 11.3 Å². The lowest BCUT2D eigenvalue weighted by Gasteiger charge is -2.13. The fourth-order valence-corrected chi connectivity index (χ4v) is 9.11. The van der Waals surface area contributed by atoms with Gasteiger partial charge in [-0.2, -0.15) is 0 Å². The van der Waals surface area contributed by atoms with Gasteiger partial charge in [-0.3, -0.25) is 0 Å². The topological polar surface area (TPSA) is 51.8 Å². The summed E-state index contributed by atoms with van der Waals surface area (Å²) >= 11 is 1.83. The maximum Gasteiger partial charge on any atom is 0.167 e. The van der Waals surface area contributed by atoms with Gasteiger partial charge in [-0.05, 0) is 64.2 Å². The number of aromatic nitrogens is 3. The molecule has 262 valence electrons. The number of hydrogen-bond donors (Lipinski definition) is 0. The van der Waals surface area contributed by atoms with Crippen molar-refractivity contribution in [3.63, 3.8) is 0 Å². The van der Waals surface area contributed by atoms with E-state index in [4.69, 9.17) is 19.4 Å². The van der Waals surface area contributed by atoms with E-state index in [9.17, 15) is 0 Å². The molecule has 11 aromatic rings. The van der Waals surface area contributed by atoms with Crippen LogP contribution in [0, 0.1) is 0 Å². The number of fused-ring (bicyclic) bond motifs is 6. The number of para-hydroxylation sites is 1. The zero-order valence-electron chi connectivity index (χ0n) is 30.1. The van der Waals surface area contributed by atoms with Crippen LogP contribution < -0.4 is 0 Å². The SMILES string of the molecule is c1ccc(-c2cc(-c3ccccc3)cc(-c3nc(-c4ccccc4)nc(-c4ccc(-c5cccc6c5sc5ccccc56)c5c4oc4ccccc45)n3)c2)cc1. The molecule has 0 atom stereocenters. The van der Waals surface area contributed by atoms with E-state index in [-0.39, 0.29) is 0 Å². The van der Waals surface area contributed by atoms with Crippen molar-refractivity contribution in [3.05, 3.63) is 188 Å². The second-order valence-electron chi connectivity index (χ2n) is 13.9. The Hall–Kier alpha value is -7.21. The van der Waals surface area contributed by atoms with E-state index >= 15 is 0 Å². The number of thiophene rings is 1. The second kappa shape index (κ2) is 13.3. The molecule has 0 fully saturated rings. The molecule has 8 aromatic carbocycles. The Morgan fingerprint density at radius 1 is 0.357 bits per heavy atom. The number of hydrogen-bond acceptors (Lipinski definition) is 5. The zero-order valence-corrected chi connectivity index (χ0v) is 30.9. The summed E-state index contributed by atoms with van der Waals surface area (Å²) in [6.07, 6.45) is 0. The Labute approximate surface area is 327 Å². The standard InChI is InChI=1S/C51H31N3OS/c1-4-15-32(16-5-1)35-29-36(33-17-6-2-7-18-33)31-37(30-35)50-52-49(34-19-8-3-9-20-34)53-51(54-50)43-28-27-39(46-42-22-10-12-25-44(42)55-47(43)46)41-24-14-23-40-38-21-11-13-26-45(38)56-48(40)41/h1-31H. The molecule has 5 heteroatoms. The summed E-state index contributed by atoms with van der Waals surface area (Å²) in [5.74, 6) is 1.74. The molecule has 0 spiro atoms. The van der Waals surface area contributed by atoms with Gasteiger partial charge >= 0.3 is 0 Å². The third kappa shape index (κ3) is 5.48. The van der Waals surface area contributed by atoms with Crippen molar-refractivity contribution in [3.8, 4) is 67.5 Å². The normalized spacial score (nSPS) is 11.6. The molecule has 3 heterocycles. The first-order valence-corrected chi connectivity index (χ1v) is 19.5. The Morgan fingerprint density at radius 3 is 1.61 bits per heavy atom. The fourth-order valence-electron chi connectivity index (χ4n) is 7.88. The highest BCUT2D eigenvalue weighted by Gasteiger charge is 2.22. The zero-order chi connectivity index (χ0) is 37.0. The minimum Gasteiger partial charge on any atom is -0.455 e. The van der Waals surface area contributed by atoms with Gasteiger partial charge in [0, 0.05) is 47.6 Å². The van der Waals surface area contributed by atoms with Crippen LogP contribution in [-0.2, 0) is 0 Å². The van der Waals surface area contributed by atoms with E-state index in [0.717, 1.165) is 66.4 Å². The first-order valence-electron chi connectivity index (χ1n) is 18.7. The van der Waals surface area contributed by atoms with Gasteiger partial charge in [0.1, 0.15) is 11.2 Å². The Bertz CT molecular complexity index is 3180. The predicted molar refractivity (Wildman–Crippen MR) is 233 cm³/mol. The van der Waals surface area contributed by atoms with Crippen molar-refractivity contribution in [2.24, 2.45) is 0 Å². The highest BCUT2D eigenvalue weighted by molar-refractivity contribution is 7.26. The van der Waals surface area contributed by atoms with Gasteiger partial charge in [0.25, 0.3) is 0 Å². The lowest BCUT2D eigenvalue weighted by Crippen LogP contribution is -2.01. The highest BCUT2D eigenvalue weighted by atomic mass is 32.1. The lowest BCUT2D eigenvalue weighted by molar-refractivity contribution is 0.669. The van der Waals surface area contributed by atoms with Gasteiger partial charge in [-0.1, -0.05) is 152 Å². The van der Waals surface area contributed by atoms with Crippen LogP contribution in [0.1, 0.15) is 0 Å². The van der Waals surface area contributed by atoms with Gasteiger partial charge in [-0.25, -0.2) is 15.0 Å². The predicted octanol–water partition coefficient (Wildman–Crippen LogP) is 14.1. The number of nitrogens with zero attached hydrogens (tertiary/aromatic N) is 3. The molecular weight excluding hydrogens is 703 g/mol. The van der Waals surface area contributed by atoms with Crippen LogP contribution in [-0.4, -0.2) is 15.0 Å². The Kier molecular flexibility index (Phi) is 7.64. The monoisotopic (exact) mass is 733 g/mol. The number of benzene rings is 8. The van der Waals surface area contributed by atoms with Crippen LogP contribution >= 0.6 is 11.3 Å². The van der Waals surface area contributed by atoms with Crippen molar-refractivity contribution in [2.75, 3.05) is 0 Å². The van der Waals surface area contributed by atoms with E-state index < -0.39 is 0 Å². The van der Waals surface area contributed by atoms with E-state index in [2.05, 4.69) is 133 Å². The minimum absolute atomic E-state index is 0.552. The van der Waals surface area contributed by atoms with E-state index in [1.54, 1.807) is 0 Å². The van der Waals surface area contributed by atoms with Crippen LogP contribution in [0.15, 0.2) is 192 Å². The number of rotatable bonds is 6. The summed E-state index contributed by atoms with van der Waals surface area (Å²) in [4.78, 5) is 15.6. The Balaban J connectivity index is 1.17. The third-order valence-electron chi connectivity index (χ3n) is 10.5. The van der Waals surface area contributed by atoms with Crippen molar-refractivity contribution in [1.29, 1.82) is 0 Å². The maximum atomic E-state index is 6.82. The van der Waals surface area contributed by atoms with Crippen LogP contribution in [0.25, 0.3) is 110 Å². The summed E-state index contributed by atoms with van der Waals surface area (Å²) in [6.45, 7) is 0. The smallest absolute Gasteiger partial charge is 0.167 e. The molecule has 0 radical (unpaired) electrons. The average molecular weight is 734 g/mol. The molecule has 11 rings (SSSR count). The first kappa shape index (κ1) is 32.2. The first-order chi connectivity index (χ1) is 27.7. The minimum atomic E-state index is 0.552. The molecule has 0 aliphatic rings. The van der Waals surface area contributed by atoms with E-state index in [1.165, 1.54) is 25.7 Å². The second-order valence-corrected chi connectivity index (χ2v) is 15.0. The molecule has 0 bridgehead atoms. The molecule has 3 aromatic heterocycles. The van der Waals surface area contributed by atoms with Crippen molar-refractivity contribution in [1.82, 2.24) is 15.0 Å². The van der Waals surface area contributed by atoms with E-state index in [0.29, 0.717) is 17.5 Å². The quantitative estimate of drug-likeness (QED) is 0.171. The van der Waals surface area contributed by atoms with Gasteiger partial charge in [0.15, 0.2) is 17.5 Å². The molecule has 0 amide bonds. The van der Waals surface area contributed by atoms with Crippen molar-refractivity contribution in [2.45, 2.75) is 0 Å². The molecule has 0 aliphatic carbocycles. The summed E-state index contributed by atoms with van der Waals surface area (Å²) < 4.78 is 9.35. The van der Waals surface area contributed by atoms with Crippen LogP contribution in [0.5, 0.6) is 0 Å². The molecule has 0 N–H and O–H groups in total.